The molecule has 60 heavy (non-hydrogen) atoms. The number of hydrogen-bond acceptors (Lipinski definition) is 10. The van der Waals surface area contributed by atoms with Crippen molar-refractivity contribution >= 4 is 16.3 Å². The third-order valence-corrected chi connectivity index (χ3v) is 12.6. The number of unbranched alkanes of at least 4 members (excludes halogenated alkanes) is 31. The zero-order valence-corrected chi connectivity index (χ0v) is 39.1. The summed E-state index contributed by atoms with van der Waals surface area (Å²) in [7, 11) is -5.07. The number of ether oxygens (including phenoxy) is 2. The Labute approximate surface area is 367 Å². The van der Waals surface area contributed by atoms with Crippen LogP contribution in [0.1, 0.15) is 239 Å². The number of aliphatic hydroxyl groups is 4. The van der Waals surface area contributed by atoms with Crippen LogP contribution in [0, 0.1) is 0 Å². The van der Waals surface area contributed by atoms with Crippen LogP contribution >= 0.6 is 0 Å². The first-order valence-electron chi connectivity index (χ1n) is 24.9. The van der Waals surface area contributed by atoms with Crippen molar-refractivity contribution in [2.75, 3.05) is 13.2 Å². The second-order valence-electron chi connectivity index (χ2n) is 17.8. The normalized spacial score (nSPS) is 20.7. The van der Waals surface area contributed by atoms with Crippen LogP contribution in [0.15, 0.2) is 0 Å². The Kier molecular flexibility index (Phi) is 36.7. The van der Waals surface area contributed by atoms with E-state index in [1.54, 1.807) is 0 Å². The minimum absolute atomic E-state index is 0.227. The SMILES string of the molecule is CCCCCCCCCCCCCCCCCCCCCCCCCCC(=O)NC(COC1OC(CO)C(O)C(OS(=O)(=O)O)C1O)C(O)CCCCCCCCCCC. The summed E-state index contributed by atoms with van der Waals surface area (Å²) in [5.74, 6) is -0.227. The average Bonchev–Trinajstić information content (AvgIpc) is 3.22. The van der Waals surface area contributed by atoms with Crippen LogP contribution < -0.4 is 5.32 Å². The van der Waals surface area contributed by atoms with E-state index >= 15 is 0 Å². The maximum Gasteiger partial charge on any atom is 0.397 e. The minimum Gasteiger partial charge on any atom is -0.394 e. The number of aliphatic hydroxyl groups excluding tert-OH is 4. The van der Waals surface area contributed by atoms with Crippen molar-refractivity contribution in [1.82, 2.24) is 5.32 Å². The van der Waals surface area contributed by atoms with Crippen molar-refractivity contribution < 1.29 is 51.8 Å². The Morgan fingerprint density at radius 2 is 0.967 bits per heavy atom. The predicted molar refractivity (Wildman–Crippen MR) is 241 cm³/mol. The summed E-state index contributed by atoms with van der Waals surface area (Å²) < 4.78 is 47.6. The molecule has 1 aliphatic heterocycles. The molecule has 0 radical (unpaired) electrons. The zero-order valence-electron chi connectivity index (χ0n) is 38.3. The maximum absolute atomic E-state index is 13.0. The van der Waals surface area contributed by atoms with Gasteiger partial charge in [0.15, 0.2) is 6.29 Å². The third kappa shape index (κ3) is 31.0. The molecule has 0 saturated carbocycles. The molecule has 0 aromatic carbocycles. The molecule has 0 spiro atoms. The highest BCUT2D eigenvalue weighted by Gasteiger charge is 2.48. The van der Waals surface area contributed by atoms with E-state index < -0.39 is 59.9 Å². The zero-order chi connectivity index (χ0) is 44.1. The van der Waals surface area contributed by atoms with E-state index in [9.17, 15) is 38.2 Å². The molecule has 7 unspecified atom stereocenters. The van der Waals surface area contributed by atoms with Gasteiger partial charge >= 0.3 is 10.4 Å². The fourth-order valence-electron chi connectivity index (χ4n) is 8.28. The Morgan fingerprint density at radius 1 is 0.600 bits per heavy atom. The van der Waals surface area contributed by atoms with Gasteiger partial charge in [0.25, 0.3) is 0 Å². The third-order valence-electron chi connectivity index (χ3n) is 12.2. The van der Waals surface area contributed by atoms with E-state index in [1.807, 2.05) is 0 Å². The smallest absolute Gasteiger partial charge is 0.394 e. The second kappa shape index (κ2) is 38.5. The molecule has 1 aliphatic rings. The molecule has 0 aromatic rings. The highest BCUT2D eigenvalue weighted by atomic mass is 32.3. The summed E-state index contributed by atoms with van der Waals surface area (Å²) in [5, 5.41) is 44.8. The number of hydrogen-bond donors (Lipinski definition) is 6. The molecular formula is C47H93NO11S. The summed E-state index contributed by atoms with van der Waals surface area (Å²) >= 11 is 0. The van der Waals surface area contributed by atoms with E-state index in [1.165, 1.54) is 161 Å². The van der Waals surface area contributed by atoms with Gasteiger partial charge in [-0.15, -0.1) is 0 Å². The first-order valence-corrected chi connectivity index (χ1v) is 26.3. The molecule has 12 nitrogen and oxygen atoms in total. The number of amides is 1. The summed E-state index contributed by atoms with van der Waals surface area (Å²) in [6, 6.07) is -0.850. The molecule has 6 N–H and O–H groups in total. The van der Waals surface area contributed by atoms with E-state index in [4.69, 9.17) is 9.47 Å². The van der Waals surface area contributed by atoms with Crippen LogP contribution in [0.5, 0.6) is 0 Å². The number of nitrogens with one attached hydrogen (secondary N) is 1. The van der Waals surface area contributed by atoms with Crippen molar-refractivity contribution in [3.63, 3.8) is 0 Å². The highest BCUT2D eigenvalue weighted by molar-refractivity contribution is 7.80. The molecule has 1 heterocycles. The van der Waals surface area contributed by atoms with Gasteiger partial charge in [0.1, 0.15) is 24.4 Å². The standard InChI is InChI=1S/C47H93NO11S/c1-3-5-7-9-11-13-14-15-16-17-18-19-20-21-22-23-24-25-26-27-29-31-33-35-37-43(51)48-40(41(50)36-34-32-30-28-12-10-8-6-4-2)39-57-47-45(53)46(59-60(54,55)56)44(52)42(38-49)58-47/h40-42,44-47,49-50,52-53H,3-39H2,1-2H3,(H,48,51)(H,54,55,56). The summed E-state index contributed by atoms with van der Waals surface area (Å²) in [5.41, 5.74) is 0. The molecule has 7 atom stereocenters. The van der Waals surface area contributed by atoms with E-state index in [0.29, 0.717) is 12.8 Å². The molecule has 358 valence electrons. The number of rotatable bonds is 43. The molecule has 1 saturated heterocycles. The van der Waals surface area contributed by atoms with Crippen LogP contribution in [0.2, 0.25) is 0 Å². The first-order chi connectivity index (χ1) is 29.0. The van der Waals surface area contributed by atoms with Gasteiger partial charge in [-0.1, -0.05) is 219 Å². The van der Waals surface area contributed by atoms with Crippen LogP contribution in [0.25, 0.3) is 0 Å². The highest BCUT2D eigenvalue weighted by Crippen LogP contribution is 2.26. The molecule has 0 aromatic heterocycles. The monoisotopic (exact) mass is 880 g/mol. The average molecular weight is 880 g/mol. The Balaban J connectivity index is 2.31. The van der Waals surface area contributed by atoms with Crippen molar-refractivity contribution in [2.45, 2.75) is 281 Å². The van der Waals surface area contributed by atoms with Crippen LogP contribution in [-0.4, -0.2) is 95.4 Å². The molecule has 0 bridgehead atoms. The maximum atomic E-state index is 13.0. The molecule has 1 amide bonds. The van der Waals surface area contributed by atoms with Gasteiger partial charge in [0, 0.05) is 6.42 Å². The first kappa shape index (κ1) is 57.1. The molecule has 1 fully saturated rings. The number of carbonyl (C=O) groups is 1. The summed E-state index contributed by atoms with van der Waals surface area (Å²) in [6.45, 7) is 3.44. The van der Waals surface area contributed by atoms with Crippen molar-refractivity contribution in [2.24, 2.45) is 0 Å². The fraction of sp³-hybridized carbons (Fsp3) is 0.979. The Morgan fingerprint density at radius 3 is 1.33 bits per heavy atom. The van der Waals surface area contributed by atoms with Crippen molar-refractivity contribution in [1.29, 1.82) is 0 Å². The molecule has 1 rings (SSSR count). The van der Waals surface area contributed by atoms with Gasteiger partial charge in [-0.3, -0.25) is 9.35 Å². The molecule has 0 aliphatic carbocycles. The van der Waals surface area contributed by atoms with Gasteiger partial charge in [-0.2, -0.15) is 8.42 Å². The summed E-state index contributed by atoms with van der Waals surface area (Å²) in [4.78, 5) is 13.0. The minimum atomic E-state index is -5.07. The largest absolute Gasteiger partial charge is 0.397 e. The van der Waals surface area contributed by atoms with Crippen LogP contribution in [-0.2, 0) is 28.9 Å². The van der Waals surface area contributed by atoms with Crippen molar-refractivity contribution in [3.8, 4) is 0 Å². The lowest BCUT2D eigenvalue weighted by atomic mass is 9.99. The van der Waals surface area contributed by atoms with Gasteiger partial charge in [-0.25, -0.2) is 4.18 Å². The molecule has 13 heteroatoms. The predicted octanol–water partition coefficient (Wildman–Crippen LogP) is 10.2. The Bertz CT molecular complexity index is 1080. The van der Waals surface area contributed by atoms with E-state index in [0.717, 1.165) is 51.4 Å². The second-order valence-corrected chi connectivity index (χ2v) is 18.8. The molecular weight excluding hydrogens is 787 g/mol. The van der Waals surface area contributed by atoms with Gasteiger partial charge in [0.2, 0.25) is 5.91 Å². The quantitative estimate of drug-likeness (QED) is 0.0252. The Hall–Kier alpha value is -0.900. The lowest BCUT2D eigenvalue weighted by Gasteiger charge is -2.41. The number of carbonyl (C=O) groups excluding carboxylic acids is 1. The van der Waals surface area contributed by atoms with Crippen LogP contribution in [0.4, 0.5) is 0 Å². The summed E-state index contributed by atoms with van der Waals surface area (Å²) in [6.07, 6.45) is 32.8. The fourth-order valence-corrected chi connectivity index (χ4v) is 8.79. The van der Waals surface area contributed by atoms with E-state index in [2.05, 4.69) is 23.3 Å². The van der Waals surface area contributed by atoms with Gasteiger partial charge in [0.05, 0.1) is 25.4 Å². The lowest BCUT2D eigenvalue weighted by Crippen LogP contribution is -2.61. The topological polar surface area (TPSA) is 192 Å². The van der Waals surface area contributed by atoms with Gasteiger partial charge in [-0.05, 0) is 12.8 Å². The van der Waals surface area contributed by atoms with E-state index in [-0.39, 0.29) is 12.5 Å². The van der Waals surface area contributed by atoms with Gasteiger partial charge < -0.3 is 35.2 Å². The van der Waals surface area contributed by atoms with Crippen LogP contribution in [0.3, 0.4) is 0 Å². The lowest BCUT2D eigenvalue weighted by molar-refractivity contribution is -0.298. The van der Waals surface area contributed by atoms with Crippen molar-refractivity contribution in [3.05, 3.63) is 0 Å².